The number of carbonyl (C=O) groups excluding carboxylic acids is 1. The highest BCUT2D eigenvalue weighted by molar-refractivity contribution is 5.89. The lowest BCUT2D eigenvalue weighted by atomic mass is 10.1. The molecule has 6 nitrogen and oxygen atoms in total. The summed E-state index contributed by atoms with van der Waals surface area (Å²) in [6, 6.07) is 7.15. The molecule has 2 heterocycles. The summed E-state index contributed by atoms with van der Waals surface area (Å²) in [6.07, 6.45) is 5.32. The minimum absolute atomic E-state index is 0.344. The van der Waals surface area contributed by atoms with Crippen LogP contribution in [0.2, 0.25) is 0 Å². The van der Waals surface area contributed by atoms with Crippen molar-refractivity contribution < 1.29 is 18.7 Å². The van der Waals surface area contributed by atoms with Crippen LogP contribution in [0.5, 0.6) is 0 Å². The van der Waals surface area contributed by atoms with Crippen LogP contribution in [0.3, 0.4) is 0 Å². The maximum atomic E-state index is 11.6. The number of aromatic nitrogens is 1. The lowest BCUT2D eigenvalue weighted by Crippen LogP contribution is -2.33. The summed E-state index contributed by atoms with van der Waals surface area (Å²) in [7, 11) is 1.38. The summed E-state index contributed by atoms with van der Waals surface area (Å²) >= 11 is 0. The van der Waals surface area contributed by atoms with Crippen molar-refractivity contribution in [1.82, 2.24) is 9.88 Å². The van der Waals surface area contributed by atoms with Crippen LogP contribution in [0.15, 0.2) is 28.7 Å². The molecule has 1 aromatic carbocycles. The number of hydrogen-bond acceptors (Lipinski definition) is 6. The van der Waals surface area contributed by atoms with Gasteiger partial charge < -0.3 is 13.9 Å². The molecule has 0 bridgehead atoms. The van der Waals surface area contributed by atoms with Gasteiger partial charge in [0.1, 0.15) is 5.76 Å². The van der Waals surface area contributed by atoms with Gasteiger partial charge in [-0.3, -0.25) is 4.90 Å². The predicted molar refractivity (Wildman–Crippen MR) is 105 cm³/mol. The molecule has 0 amide bonds. The molecule has 1 aliphatic heterocycles. The summed E-state index contributed by atoms with van der Waals surface area (Å²) in [4.78, 5) is 18.8. The lowest BCUT2D eigenvalue weighted by Gasteiger charge is -2.24. The van der Waals surface area contributed by atoms with Crippen molar-refractivity contribution in [2.75, 3.05) is 26.8 Å². The van der Waals surface area contributed by atoms with Gasteiger partial charge in [-0.05, 0) is 62.8 Å². The van der Waals surface area contributed by atoms with E-state index in [-0.39, 0.29) is 5.97 Å². The van der Waals surface area contributed by atoms with E-state index in [4.69, 9.17) is 18.9 Å². The number of benzene rings is 1. The van der Waals surface area contributed by atoms with E-state index in [0.717, 1.165) is 62.0 Å². The van der Waals surface area contributed by atoms with Crippen LogP contribution in [-0.2, 0) is 16.0 Å². The predicted octanol–water partition coefficient (Wildman–Crippen LogP) is 3.83. The van der Waals surface area contributed by atoms with Gasteiger partial charge >= 0.3 is 5.97 Å². The van der Waals surface area contributed by atoms with Gasteiger partial charge in [0.05, 0.1) is 24.5 Å². The first-order valence-electron chi connectivity index (χ1n) is 10.1. The van der Waals surface area contributed by atoms with E-state index in [1.54, 1.807) is 12.1 Å². The largest absolute Gasteiger partial charge is 0.465 e. The number of rotatable bonds is 8. The van der Waals surface area contributed by atoms with E-state index in [0.29, 0.717) is 17.6 Å². The fourth-order valence-corrected chi connectivity index (χ4v) is 3.72. The van der Waals surface area contributed by atoms with Crippen molar-refractivity contribution in [2.45, 2.75) is 45.3 Å². The Labute approximate surface area is 165 Å². The third-order valence-corrected chi connectivity index (χ3v) is 5.52. The highest BCUT2D eigenvalue weighted by Gasteiger charge is 2.28. The van der Waals surface area contributed by atoms with E-state index < -0.39 is 0 Å². The highest BCUT2D eigenvalue weighted by Crippen LogP contribution is 2.31. The average Bonchev–Trinajstić information content (AvgIpc) is 3.23. The van der Waals surface area contributed by atoms with Crippen LogP contribution in [0.1, 0.15) is 47.5 Å². The molecular weight excluding hydrogens is 356 g/mol. The number of nitrogens with zero attached hydrogens (tertiary/aromatic N) is 2. The fraction of sp³-hybridized carbons (Fsp3) is 0.545. The molecule has 28 heavy (non-hydrogen) atoms. The van der Waals surface area contributed by atoms with Crippen LogP contribution < -0.4 is 0 Å². The zero-order valence-electron chi connectivity index (χ0n) is 16.6. The highest BCUT2D eigenvalue weighted by atomic mass is 16.5. The SMILES string of the molecule is COC(=O)c1ccc(-c2nc(CN(CC3CC3)C[C@H]3CCCO3)c(C)o2)cc1. The van der Waals surface area contributed by atoms with E-state index >= 15 is 0 Å². The van der Waals surface area contributed by atoms with Crippen molar-refractivity contribution in [3.63, 3.8) is 0 Å². The Morgan fingerprint density at radius 2 is 2.00 bits per heavy atom. The molecule has 0 spiro atoms. The van der Waals surface area contributed by atoms with Crippen molar-refractivity contribution >= 4 is 5.97 Å². The van der Waals surface area contributed by atoms with Crippen molar-refractivity contribution in [2.24, 2.45) is 5.92 Å². The molecule has 0 unspecified atom stereocenters. The van der Waals surface area contributed by atoms with E-state index in [1.165, 1.54) is 20.0 Å². The second-order valence-corrected chi connectivity index (χ2v) is 7.86. The van der Waals surface area contributed by atoms with Crippen LogP contribution in [-0.4, -0.2) is 48.8 Å². The molecule has 1 saturated carbocycles. The Hall–Kier alpha value is -2.18. The van der Waals surface area contributed by atoms with Crippen molar-refractivity contribution in [3.05, 3.63) is 41.3 Å². The van der Waals surface area contributed by atoms with Crippen LogP contribution in [0, 0.1) is 12.8 Å². The number of carbonyl (C=O) groups is 1. The molecule has 1 atom stereocenters. The second kappa shape index (κ2) is 8.45. The van der Waals surface area contributed by atoms with Gasteiger partial charge in [-0.15, -0.1) is 0 Å². The third-order valence-electron chi connectivity index (χ3n) is 5.52. The molecule has 1 aliphatic carbocycles. The molecule has 4 rings (SSSR count). The normalized spacial score (nSPS) is 19.3. The van der Waals surface area contributed by atoms with Crippen LogP contribution in [0.25, 0.3) is 11.5 Å². The third kappa shape index (κ3) is 4.62. The molecular formula is C22H28N2O4. The topological polar surface area (TPSA) is 64.8 Å². The Morgan fingerprint density at radius 3 is 2.64 bits per heavy atom. The average molecular weight is 384 g/mol. The second-order valence-electron chi connectivity index (χ2n) is 7.86. The Bertz CT molecular complexity index is 804. The minimum atomic E-state index is -0.347. The van der Waals surface area contributed by atoms with Crippen LogP contribution in [0.4, 0.5) is 0 Å². The number of aryl methyl sites for hydroxylation is 1. The summed E-state index contributed by atoms with van der Waals surface area (Å²) < 4.78 is 16.5. The zero-order valence-corrected chi connectivity index (χ0v) is 16.6. The summed E-state index contributed by atoms with van der Waals surface area (Å²) in [6.45, 7) is 5.71. The van der Waals surface area contributed by atoms with E-state index in [1.807, 2.05) is 19.1 Å². The monoisotopic (exact) mass is 384 g/mol. The van der Waals surface area contributed by atoms with Gasteiger partial charge in [-0.1, -0.05) is 0 Å². The molecule has 1 saturated heterocycles. The van der Waals surface area contributed by atoms with Gasteiger partial charge in [0.25, 0.3) is 0 Å². The Morgan fingerprint density at radius 1 is 1.21 bits per heavy atom. The molecule has 0 radical (unpaired) electrons. The van der Waals surface area contributed by atoms with Crippen molar-refractivity contribution in [3.8, 4) is 11.5 Å². The first-order valence-corrected chi connectivity index (χ1v) is 10.1. The van der Waals surface area contributed by atoms with Crippen molar-refractivity contribution in [1.29, 1.82) is 0 Å². The number of methoxy groups -OCH3 is 1. The number of ether oxygens (including phenoxy) is 2. The standard InChI is InChI=1S/C22H28N2O4/c1-15-20(14-24(12-16-5-6-16)13-19-4-3-11-27-19)23-21(28-15)17-7-9-18(10-8-17)22(25)26-2/h7-10,16,19H,3-6,11-14H2,1-2H3/t19-/m1/s1. The quantitative estimate of drug-likeness (QED) is 0.645. The molecule has 150 valence electrons. The van der Waals surface area contributed by atoms with Crippen LogP contribution >= 0.6 is 0 Å². The molecule has 2 aliphatic rings. The number of hydrogen-bond donors (Lipinski definition) is 0. The Balaban J connectivity index is 1.46. The van der Waals surface area contributed by atoms with E-state index in [2.05, 4.69) is 4.90 Å². The Kier molecular flexibility index (Phi) is 5.78. The summed E-state index contributed by atoms with van der Waals surface area (Å²) in [5, 5.41) is 0. The fourth-order valence-electron chi connectivity index (χ4n) is 3.72. The lowest BCUT2D eigenvalue weighted by molar-refractivity contribution is 0.0600. The smallest absolute Gasteiger partial charge is 0.337 e. The number of oxazole rings is 1. The molecule has 2 aromatic rings. The zero-order chi connectivity index (χ0) is 19.5. The number of esters is 1. The van der Waals surface area contributed by atoms with Gasteiger partial charge in [-0.25, -0.2) is 9.78 Å². The summed E-state index contributed by atoms with van der Waals surface area (Å²) in [5.74, 6) is 1.91. The maximum Gasteiger partial charge on any atom is 0.337 e. The molecule has 0 N–H and O–H groups in total. The maximum absolute atomic E-state index is 11.6. The van der Waals surface area contributed by atoms with Gasteiger partial charge in [-0.2, -0.15) is 0 Å². The molecule has 2 fully saturated rings. The van der Waals surface area contributed by atoms with Gasteiger partial charge in [0.15, 0.2) is 0 Å². The molecule has 6 heteroatoms. The minimum Gasteiger partial charge on any atom is -0.465 e. The first kappa shape index (κ1) is 19.2. The van der Waals surface area contributed by atoms with E-state index in [9.17, 15) is 4.79 Å². The van der Waals surface area contributed by atoms with Gasteiger partial charge in [0, 0.05) is 31.8 Å². The molecule has 1 aromatic heterocycles. The first-order chi connectivity index (χ1) is 13.6. The summed E-state index contributed by atoms with van der Waals surface area (Å²) in [5.41, 5.74) is 2.35. The van der Waals surface area contributed by atoms with Gasteiger partial charge in [0.2, 0.25) is 5.89 Å².